The van der Waals surface area contributed by atoms with Gasteiger partial charge in [-0.2, -0.15) is 0 Å². The lowest BCUT2D eigenvalue weighted by Crippen LogP contribution is -2.51. The molecule has 0 bridgehead atoms. The van der Waals surface area contributed by atoms with E-state index in [2.05, 4.69) is 19.1 Å². The van der Waals surface area contributed by atoms with Crippen molar-refractivity contribution in [1.82, 2.24) is 0 Å². The second-order valence-electron chi connectivity index (χ2n) is 8.85. The van der Waals surface area contributed by atoms with Gasteiger partial charge >= 0.3 is 11.9 Å². The van der Waals surface area contributed by atoms with Crippen LogP contribution in [0.2, 0.25) is 0 Å². The van der Waals surface area contributed by atoms with Crippen molar-refractivity contribution in [2.24, 2.45) is 0 Å². The minimum absolute atomic E-state index is 0.0225. The summed E-state index contributed by atoms with van der Waals surface area (Å²) in [6, 6.07) is 0. The van der Waals surface area contributed by atoms with Crippen molar-refractivity contribution in [3.8, 4) is 0 Å². The zero-order chi connectivity index (χ0) is 24.1. The third kappa shape index (κ3) is 18.8. The lowest BCUT2D eigenvalue weighted by molar-refractivity contribution is -0.929. The number of rotatable bonds is 23. The summed E-state index contributed by atoms with van der Waals surface area (Å²) < 4.78 is 0.609. The van der Waals surface area contributed by atoms with Crippen molar-refractivity contribution in [2.75, 3.05) is 26.2 Å². The minimum atomic E-state index is -1.08. The molecular formula is C25H45NO6. The molecule has 0 rings (SSSR count). The highest BCUT2D eigenvalue weighted by Crippen LogP contribution is 2.18. The molecule has 0 atom stereocenters. The number of hydrogen-bond acceptors (Lipinski definition) is 4. The molecule has 0 aliphatic rings. The summed E-state index contributed by atoms with van der Waals surface area (Å²) in [6.45, 7) is 4.90. The zero-order valence-electron chi connectivity index (χ0n) is 20.1. The molecule has 0 aromatic carbocycles. The quantitative estimate of drug-likeness (QED) is 0.136. The van der Waals surface area contributed by atoms with E-state index in [1.165, 1.54) is 25.7 Å². The topological polar surface area (TPSA) is 115 Å². The van der Waals surface area contributed by atoms with Crippen LogP contribution in [0.5, 0.6) is 0 Å². The number of unbranched alkanes of at least 4 members (excludes halogenated alkanes) is 7. The van der Waals surface area contributed by atoms with E-state index in [4.69, 9.17) is 10.2 Å². The fraction of sp³-hybridized carbons (Fsp3) is 0.800. The average molecular weight is 456 g/mol. The molecule has 0 fully saturated rings. The van der Waals surface area contributed by atoms with Crippen molar-refractivity contribution in [3.63, 3.8) is 0 Å². The van der Waals surface area contributed by atoms with Crippen LogP contribution >= 0.6 is 0 Å². The van der Waals surface area contributed by atoms with Crippen molar-refractivity contribution in [2.45, 2.75) is 103 Å². The highest BCUT2D eigenvalue weighted by atomic mass is 16.4. The van der Waals surface area contributed by atoms with Crippen LogP contribution in [0.25, 0.3) is 0 Å². The van der Waals surface area contributed by atoms with Crippen molar-refractivity contribution in [3.05, 3.63) is 12.2 Å². The van der Waals surface area contributed by atoms with Gasteiger partial charge in [-0.25, -0.2) is 0 Å². The van der Waals surface area contributed by atoms with Gasteiger partial charge in [-0.15, -0.1) is 0 Å². The third-order valence-corrected chi connectivity index (χ3v) is 5.97. The van der Waals surface area contributed by atoms with Gasteiger partial charge in [-0.3, -0.25) is 9.59 Å². The van der Waals surface area contributed by atoms with E-state index in [0.29, 0.717) is 43.4 Å². The van der Waals surface area contributed by atoms with Gasteiger partial charge in [0.1, 0.15) is 0 Å². The number of carbonyl (C=O) groups is 3. The highest BCUT2D eigenvalue weighted by Gasteiger charge is 2.26. The number of allylic oxidation sites excluding steroid dienone is 2. The molecule has 0 aliphatic heterocycles. The van der Waals surface area contributed by atoms with Gasteiger partial charge in [-0.1, -0.05) is 44.8 Å². The average Bonchev–Trinajstić information content (AvgIpc) is 2.71. The van der Waals surface area contributed by atoms with Crippen LogP contribution in [-0.4, -0.2) is 58.8 Å². The first kappa shape index (κ1) is 30.1. The smallest absolute Gasteiger partial charge is 0.303 e. The number of carbonyl (C=O) groups excluding carboxylic acids is 1. The van der Waals surface area contributed by atoms with Crippen molar-refractivity contribution >= 4 is 17.9 Å². The van der Waals surface area contributed by atoms with Crippen LogP contribution in [0.15, 0.2) is 12.2 Å². The third-order valence-electron chi connectivity index (χ3n) is 5.97. The zero-order valence-corrected chi connectivity index (χ0v) is 20.1. The first-order valence-corrected chi connectivity index (χ1v) is 12.4. The Balaban J connectivity index is 4.58. The van der Waals surface area contributed by atoms with E-state index in [-0.39, 0.29) is 19.3 Å². The van der Waals surface area contributed by atoms with Crippen LogP contribution < -0.4 is 5.11 Å². The Hall–Kier alpha value is -1.89. The molecule has 0 aliphatic carbocycles. The highest BCUT2D eigenvalue weighted by molar-refractivity contribution is 5.66. The van der Waals surface area contributed by atoms with E-state index < -0.39 is 17.9 Å². The lowest BCUT2D eigenvalue weighted by Gasteiger charge is -2.39. The molecule has 2 N–H and O–H groups in total. The van der Waals surface area contributed by atoms with Crippen LogP contribution in [0.3, 0.4) is 0 Å². The Morgan fingerprint density at radius 2 is 1.09 bits per heavy atom. The second-order valence-corrected chi connectivity index (χ2v) is 8.85. The molecule has 7 heteroatoms. The normalized spacial score (nSPS) is 11.8. The molecule has 186 valence electrons. The van der Waals surface area contributed by atoms with E-state index in [1.54, 1.807) is 0 Å². The summed E-state index contributed by atoms with van der Waals surface area (Å²) in [4.78, 5) is 32.8. The predicted octanol–water partition coefficient (Wildman–Crippen LogP) is 4.15. The number of carboxylic acid groups (broad SMARTS) is 3. The molecule has 0 aromatic rings. The lowest BCUT2D eigenvalue weighted by atomic mass is 10.1. The van der Waals surface area contributed by atoms with Crippen LogP contribution in [0, 0.1) is 0 Å². The number of aliphatic carboxylic acids is 3. The van der Waals surface area contributed by atoms with Gasteiger partial charge in [0.15, 0.2) is 0 Å². The monoisotopic (exact) mass is 455 g/mol. The first-order chi connectivity index (χ1) is 15.3. The molecule has 0 unspecified atom stereocenters. The minimum Gasteiger partial charge on any atom is -0.550 e. The molecule has 0 amide bonds. The number of nitrogens with zero attached hydrogens (tertiary/aromatic N) is 1. The molecular weight excluding hydrogens is 410 g/mol. The largest absolute Gasteiger partial charge is 0.550 e. The first-order valence-electron chi connectivity index (χ1n) is 12.4. The molecule has 7 nitrogen and oxygen atoms in total. The molecule has 0 saturated heterocycles. The fourth-order valence-electron chi connectivity index (χ4n) is 4.24. The van der Waals surface area contributed by atoms with Gasteiger partial charge in [0.25, 0.3) is 0 Å². The Bertz CT molecular complexity index is 496. The maximum atomic E-state index is 11.0. The number of hydrogen-bond donors (Lipinski definition) is 2. The van der Waals surface area contributed by atoms with Crippen molar-refractivity contribution in [1.29, 1.82) is 0 Å². The van der Waals surface area contributed by atoms with Gasteiger partial charge in [-0.05, 0) is 38.5 Å². The summed E-state index contributed by atoms with van der Waals surface area (Å²) in [5.41, 5.74) is 0. The Labute approximate surface area is 194 Å². The van der Waals surface area contributed by atoms with Crippen LogP contribution in [-0.2, 0) is 14.4 Å². The molecule has 0 heterocycles. The SMILES string of the molecule is CC/C=C/CCCCCCCCC[N+](CCCC(=O)[O-])(CCCC(=O)O)CCCC(=O)O. The molecule has 32 heavy (non-hydrogen) atoms. The van der Waals surface area contributed by atoms with E-state index in [1.807, 2.05) is 0 Å². The van der Waals surface area contributed by atoms with Gasteiger partial charge in [0.05, 0.1) is 39.0 Å². The summed E-state index contributed by atoms with van der Waals surface area (Å²) in [5, 5.41) is 28.9. The maximum Gasteiger partial charge on any atom is 0.303 e. The molecule has 0 radical (unpaired) electrons. The Morgan fingerprint density at radius 1 is 0.656 bits per heavy atom. The van der Waals surface area contributed by atoms with Crippen molar-refractivity contribution < 1.29 is 34.2 Å². The van der Waals surface area contributed by atoms with Gasteiger partial charge < -0.3 is 24.6 Å². The summed E-state index contributed by atoms with van der Waals surface area (Å²) >= 11 is 0. The summed E-state index contributed by atoms with van der Waals surface area (Å²) in [6.07, 6.45) is 16.5. The van der Waals surface area contributed by atoms with E-state index >= 15 is 0 Å². The second kappa shape index (κ2) is 19.8. The van der Waals surface area contributed by atoms with Crippen LogP contribution in [0.1, 0.15) is 103 Å². The van der Waals surface area contributed by atoms with Gasteiger partial charge in [0, 0.05) is 25.2 Å². The summed E-state index contributed by atoms with van der Waals surface area (Å²) in [5.74, 6) is -2.76. The fourth-order valence-corrected chi connectivity index (χ4v) is 4.24. The Morgan fingerprint density at radius 3 is 1.56 bits per heavy atom. The number of carboxylic acids is 3. The van der Waals surface area contributed by atoms with E-state index in [0.717, 1.165) is 38.6 Å². The molecule has 0 saturated carbocycles. The molecule has 0 aromatic heterocycles. The van der Waals surface area contributed by atoms with E-state index in [9.17, 15) is 19.5 Å². The standard InChI is InChI=1S/C25H45NO6/c1-2-3-4-5-6-7-8-9-10-11-12-19-26(20-13-16-23(27)28,21-14-17-24(29)30)22-15-18-25(31)32/h3-4H,2,5-22H2,1H3,(H2-,27,28,29,30,31,32)/b4-3+. The predicted molar refractivity (Wildman–Crippen MR) is 124 cm³/mol. The Kier molecular flexibility index (Phi) is 18.6. The van der Waals surface area contributed by atoms with Gasteiger partial charge in [0.2, 0.25) is 0 Å². The molecule has 0 spiro atoms. The summed E-state index contributed by atoms with van der Waals surface area (Å²) in [7, 11) is 0. The van der Waals surface area contributed by atoms with Crippen LogP contribution in [0.4, 0.5) is 0 Å². The maximum absolute atomic E-state index is 11.0. The number of quaternary nitrogens is 1.